The summed E-state index contributed by atoms with van der Waals surface area (Å²) >= 11 is 1.01. The summed E-state index contributed by atoms with van der Waals surface area (Å²) in [5.74, 6) is 0.434. The van der Waals surface area contributed by atoms with Crippen LogP contribution in [0.25, 0.3) is 6.08 Å². The number of aliphatic carboxylic acids is 1. The number of aromatic nitrogens is 3. The number of aromatic amines is 1. The molecule has 0 aliphatic carbocycles. The number of hydrogen-bond acceptors (Lipinski definition) is 5. The van der Waals surface area contributed by atoms with Gasteiger partial charge in [0.05, 0.1) is 7.11 Å². The van der Waals surface area contributed by atoms with Gasteiger partial charge in [-0.15, -0.1) is 5.10 Å². The first-order valence-corrected chi connectivity index (χ1v) is 7.12. The summed E-state index contributed by atoms with van der Waals surface area (Å²) in [6, 6.07) is 7.13. The highest BCUT2D eigenvalue weighted by molar-refractivity contribution is 8.04. The highest BCUT2D eigenvalue weighted by Crippen LogP contribution is 2.26. The number of carboxylic acids is 1. The lowest BCUT2D eigenvalue weighted by molar-refractivity contribution is -0.131. The van der Waals surface area contributed by atoms with Crippen molar-refractivity contribution in [3.8, 4) is 5.75 Å². The zero-order valence-corrected chi connectivity index (χ0v) is 12.5. The highest BCUT2D eigenvalue weighted by atomic mass is 32.2. The third-order valence-corrected chi connectivity index (χ3v) is 3.55. The zero-order chi connectivity index (χ0) is 15.2. The van der Waals surface area contributed by atoms with E-state index in [0.29, 0.717) is 5.16 Å². The molecule has 0 amide bonds. The Morgan fingerprint density at radius 3 is 2.67 bits per heavy atom. The molecule has 0 spiro atoms. The van der Waals surface area contributed by atoms with Crippen LogP contribution in [0.2, 0.25) is 0 Å². The maximum Gasteiger partial charge on any atom is 0.342 e. The van der Waals surface area contributed by atoms with Crippen LogP contribution < -0.4 is 4.74 Å². The van der Waals surface area contributed by atoms with E-state index in [2.05, 4.69) is 15.2 Å². The van der Waals surface area contributed by atoms with E-state index in [0.717, 1.165) is 35.3 Å². The summed E-state index contributed by atoms with van der Waals surface area (Å²) in [5, 5.41) is 16.4. The number of rotatable bonds is 6. The highest BCUT2D eigenvalue weighted by Gasteiger charge is 2.13. The lowest BCUT2D eigenvalue weighted by Gasteiger charge is -2.01. The summed E-state index contributed by atoms with van der Waals surface area (Å²) < 4.78 is 5.07. The molecule has 0 saturated carbocycles. The molecule has 21 heavy (non-hydrogen) atoms. The molecule has 0 atom stereocenters. The van der Waals surface area contributed by atoms with Crippen molar-refractivity contribution in [2.75, 3.05) is 7.11 Å². The Morgan fingerprint density at radius 1 is 1.43 bits per heavy atom. The van der Waals surface area contributed by atoms with Gasteiger partial charge >= 0.3 is 5.97 Å². The maximum atomic E-state index is 11.3. The number of benzene rings is 1. The monoisotopic (exact) mass is 305 g/mol. The van der Waals surface area contributed by atoms with E-state index < -0.39 is 5.97 Å². The van der Waals surface area contributed by atoms with Crippen LogP contribution in [0.5, 0.6) is 5.75 Å². The van der Waals surface area contributed by atoms with Crippen LogP contribution in [0.15, 0.2) is 34.3 Å². The van der Waals surface area contributed by atoms with Gasteiger partial charge in [0.25, 0.3) is 0 Å². The largest absolute Gasteiger partial charge is 0.497 e. The van der Waals surface area contributed by atoms with Gasteiger partial charge in [0, 0.05) is 6.42 Å². The van der Waals surface area contributed by atoms with E-state index in [1.165, 1.54) is 0 Å². The fourth-order valence-corrected chi connectivity index (χ4v) is 2.29. The standard InChI is InChI=1S/C14H15N3O3S/c1-3-12-15-14(17-16-12)21-11(13(18)19)8-9-4-6-10(20-2)7-5-9/h4-8H,3H2,1-2H3,(H,18,19)(H,15,16,17)/b11-8-. The zero-order valence-electron chi connectivity index (χ0n) is 11.7. The molecule has 1 aromatic carbocycles. The molecule has 0 aliphatic heterocycles. The third-order valence-electron chi connectivity index (χ3n) is 2.67. The molecule has 0 saturated heterocycles. The summed E-state index contributed by atoms with van der Waals surface area (Å²) in [4.78, 5) is 15.7. The van der Waals surface area contributed by atoms with E-state index in [1.54, 1.807) is 37.5 Å². The second-order valence-electron chi connectivity index (χ2n) is 4.11. The first kappa shape index (κ1) is 15.1. The van der Waals surface area contributed by atoms with Gasteiger partial charge in [-0.2, -0.15) is 0 Å². The molecule has 0 unspecified atom stereocenters. The number of aryl methyl sites for hydroxylation is 1. The first-order chi connectivity index (χ1) is 10.1. The molecule has 2 N–H and O–H groups in total. The van der Waals surface area contributed by atoms with Gasteiger partial charge in [-0.1, -0.05) is 19.1 Å². The predicted molar refractivity (Wildman–Crippen MR) is 80.2 cm³/mol. The Bertz CT molecular complexity index is 650. The summed E-state index contributed by atoms with van der Waals surface area (Å²) in [6.07, 6.45) is 2.30. The van der Waals surface area contributed by atoms with Crippen molar-refractivity contribution in [2.45, 2.75) is 18.5 Å². The number of methoxy groups -OCH3 is 1. The molecule has 0 bridgehead atoms. The molecular weight excluding hydrogens is 290 g/mol. The fourth-order valence-electron chi connectivity index (χ4n) is 1.57. The quantitative estimate of drug-likeness (QED) is 0.630. The molecule has 7 heteroatoms. The van der Waals surface area contributed by atoms with Gasteiger partial charge in [0.1, 0.15) is 16.5 Å². The molecule has 1 heterocycles. The van der Waals surface area contributed by atoms with Crippen molar-refractivity contribution >= 4 is 23.8 Å². The Hall–Kier alpha value is -2.28. The number of H-pyrrole nitrogens is 1. The second kappa shape index (κ2) is 6.94. The molecule has 110 valence electrons. The molecular formula is C14H15N3O3S. The SMILES string of the molecule is CCc1nc(S/C(=C\c2ccc(OC)cc2)C(=O)O)n[nH]1. The van der Waals surface area contributed by atoms with Gasteiger partial charge < -0.3 is 9.84 Å². The van der Waals surface area contributed by atoms with Gasteiger partial charge in [-0.05, 0) is 35.5 Å². The Kier molecular flexibility index (Phi) is 4.99. The summed E-state index contributed by atoms with van der Waals surface area (Å²) in [6.45, 7) is 1.94. The predicted octanol–water partition coefficient (Wildman–Crippen LogP) is 2.59. The van der Waals surface area contributed by atoms with Gasteiger partial charge in [-0.3, -0.25) is 5.10 Å². The Labute approximate surface area is 126 Å². The number of thioether (sulfide) groups is 1. The van der Waals surface area contributed by atoms with Crippen molar-refractivity contribution < 1.29 is 14.6 Å². The summed E-state index contributed by atoms with van der Waals surface area (Å²) in [7, 11) is 1.58. The number of carboxylic acid groups (broad SMARTS) is 1. The smallest absolute Gasteiger partial charge is 0.342 e. The molecule has 1 aromatic heterocycles. The number of nitrogens with one attached hydrogen (secondary N) is 1. The number of hydrogen-bond donors (Lipinski definition) is 2. The van der Waals surface area contributed by atoms with Gasteiger partial charge in [0.2, 0.25) is 5.16 Å². The maximum absolute atomic E-state index is 11.3. The molecule has 6 nitrogen and oxygen atoms in total. The minimum atomic E-state index is -1.02. The minimum Gasteiger partial charge on any atom is -0.497 e. The Balaban J connectivity index is 2.20. The number of nitrogens with zero attached hydrogens (tertiary/aromatic N) is 2. The van der Waals surface area contributed by atoms with Crippen LogP contribution in [0, 0.1) is 0 Å². The van der Waals surface area contributed by atoms with Gasteiger partial charge in [-0.25, -0.2) is 9.78 Å². The minimum absolute atomic E-state index is 0.154. The first-order valence-electron chi connectivity index (χ1n) is 6.30. The normalized spacial score (nSPS) is 11.4. The number of carbonyl (C=O) groups is 1. The van der Waals surface area contributed by atoms with Crippen LogP contribution in [-0.4, -0.2) is 33.4 Å². The van der Waals surface area contributed by atoms with E-state index in [1.807, 2.05) is 6.92 Å². The third kappa shape index (κ3) is 4.09. The van der Waals surface area contributed by atoms with Crippen LogP contribution in [0.1, 0.15) is 18.3 Å². The van der Waals surface area contributed by atoms with Crippen LogP contribution >= 0.6 is 11.8 Å². The van der Waals surface area contributed by atoms with Gasteiger partial charge in [0.15, 0.2) is 0 Å². The second-order valence-corrected chi connectivity index (χ2v) is 5.12. The van der Waals surface area contributed by atoms with Crippen LogP contribution in [0.4, 0.5) is 0 Å². The molecule has 0 aliphatic rings. The van der Waals surface area contributed by atoms with E-state index >= 15 is 0 Å². The van der Waals surface area contributed by atoms with Crippen LogP contribution in [-0.2, 0) is 11.2 Å². The average Bonchev–Trinajstić information content (AvgIpc) is 2.95. The van der Waals surface area contributed by atoms with Crippen molar-refractivity contribution in [3.63, 3.8) is 0 Å². The molecule has 2 rings (SSSR count). The van der Waals surface area contributed by atoms with Crippen molar-refractivity contribution in [2.24, 2.45) is 0 Å². The van der Waals surface area contributed by atoms with E-state index in [4.69, 9.17) is 4.74 Å². The lowest BCUT2D eigenvalue weighted by atomic mass is 10.2. The van der Waals surface area contributed by atoms with Crippen molar-refractivity contribution in [3.05, 3.63) is 40.6 Å². The molecule has 2 aromatic rings. The molecule has 0 radical (unpaired) electrons. The van der Waals surface area contributed by atoms with Crippen molar-refractivity contribution in [1.29, 1.82) is 0 Å². The van der Waals surface area contributed by atoms with E-state index in [-0.39, 0.29) is 4.91 Å². The van der Waals surface area contributed by atoms with E-state index in [9.17, 15) is 9.90 Å². The topological polar surface area (TPSA) is 88.1 Å². The molecule has 0 fully saturated rings. The lowest BCUT2D eigenvalue weighted by Crippen LogP contribution is -1.97. The number of ether oxygens (including phenoxy) is 1. The fraction of sp³-hybridized carbons (Fsp3) is 0.214. The summed E-state index contributed by atoms with van der Waals surface area (Å²) in [5.41, 5.74) is 0.770. The van der Waals surface area contributed by atoms with Crippen LogP contribution in [0.3, 0.4) is 0 Å². The average molecular weight is 305 g/mol. The Morgan fingerprint density at radius 2 is 2.14 bits per heavy atom. The van der Waals surface area contributed by atoms with Crippen molar-refractivity contribution in [1.82, 2.24) is 15.2 Å².